The Balaban J connectivity index is 1.92. The third-order valence-corrected chi connectivity index (χ3v) is 3.52. The van der Waals surface area contributed by atoms with Crippen LogP contribution in [-0.4, -0.2) is 37.2 Å². The molecule has 3 heterocycles. The lowest BCUT2D eigenvalue weighted by atomic mass is 10.2. The lowest BCUT2D eigenvalue weighted by molar-refractivity contribution is 0.101. The average Bonchev–Trinajstić information content (AvgIpc) is 3.21. The summed E-state index contributed by atoms with van der Waals surface area (Å²) in [6, 6.07) is 5.19. The van der Waals surface area contributed by atoms with Crippen LogP contribution in [-0.2, 0) is 13.6 Å². The second kappa shape index (κ2) is 6.09. The molecule has 0 atom stereocenters. The number of aryl methyl sites for hydroxylation is 2. The monoisotopic (exact) mass is 315 g/mol. The van der Waals surface area contributed by atoms with Crippen LogP contribution in [0.4, 0.5) is 5.82 Å². The van der Waals surface area contributed by atoms with E-state index in [2.05, 4.69) is 15.5 Å². The van der Waals surface area contributed by atoms with Crippen molar-refractivity contribution in [2.45, 2.75) is 13.5 Å². The fraction of sp³-hybridized carbons (Fsp3) is 0.267. The van der Waals surface area contributed by atoms with Crippen LogP contribution in [0.1, 0.15) is 16.2 Å². The van der Waals surface area contributed by atoms with Gasteiger partial charge in [-0.3, -0.25) is 9.48 Å². The first-order valence-corrected chi connectivity index (χ1v) is 7.12. The fourth-order valence-electron chi connectivity index (χ4n) is 2.34. The van der Waals surface area contributed by atoms with Crippen LogP contribution < -0.4 is 5.32 Å². The number of aliphatic hydroxyl groups excluding tert-OH is 1. The van der Waals surface area contributed by atoms with E-state index in [0.717, 1.165) is 11.3 Å². The number of aromatic nitrogens is 4. The predicted molar refractivity (Wildman–Crippen MR) is 82.9 cm³/mol. The minimum Gasteiger partial charge on any atom is -0.469 e. The Hall–Kier alpha value is -2.87. The molecule has 23 heavy (non-hydrogen) atoms. The quantitative estimate of drug-likeness (QED) is 0.742. The molecule has 3 aromatic rings. The fourth-order valence-corrected chi connectivity index (χ4v) is 2.34. The maximum absolute atomic E-state index is 12.3. The van der Waals surface area contributed by atoms with Crippen LogP contribution in [0.3, 0.4) is 0 Å². The van der Waals surface area contributed by atoms with E-state index in [4.69, 9.17) is 4.42 Å². The van der Waals surface area contributed by atoms with Crippen LogP contribution in [0.2, 0.25) is 0 Å². The van der Waals surface area contributed by atoms with Crippen molar-refractivity contribution in [1.82, 2.24) is 19.6 Å². The van der Waals surface area contributed by atoms with Crippen molar-refractivity contribution in [3.8, 4) is 11.3 Å². The molecule has 3 aromatic heterocycles. The lowest BCUT2D eigenvalue weighted by Crippen LogP contribution is -2.19. The van der Waals surface area contributed by atoms with Gasteiger partial charge in [0.1, 0.15) is 17.3 Å². The van der Waals surface area contributed by atoms with Crippen molar-refractivity contribution >= 4 is 11.7 Å². The summed E-state index contributed by atoms with van der Waals surface area (Å²) in [5.74, 6) is 0.948. The number of hydrogen-bond donors (Lipinski definition) is 2. The molecule has 1 amide bonds. The number of furan rings is 1. The number of carbonyl (C=O) groups is 1. The van der Waals surface area contributed by atoms with E-state index < -0.39 is 0 Å². The molecule has 8 nitrogen and oxygen atoms in total. The molecule has 0 unspecified atom stereocenters. The highest BCUT2D eigenvalue weighted by Gasteiger charge is 2.16. The first-order chi connectivity index (χ1) is 11.1. The first-order valence-electron chi connectivity index (χ1n) is 7.12. The Morgan fingerprint density at radius 1 is 1.43 bits per heavy atom. The third kappa shape index (κ3) is 2.88. The van der Waals surface area contributed by atoms with Crippen molar-refractivity contribution in [1.29, 1.82) is 0 Å². The number of hydrogen-bond acceptors (Lipinski definition) is 5. The molecule has 0 aliphatic carbocycles. The zero-order chi connectivity index (χ0) is 16.4. The molecular formula is C15H17N5O3. The maximum atomic E-state index is 12.3. The predicted octanol–water partition coefficient (Wildman–Crippen LogP) is 1.43. The molecule has 0 aromatic carbocycles. The van der Waals surface area contributed by atoms with Gasteiger partial charge in [0.2, 0.25) is 0 Å². The summed E-state index contributed by atoms with van der Waals surface area (Å²) >= 11 is 0. The molecule has 0 spiro atoms. The van der Waals surface area contributed by atoms with Gasteiger partial charge >= 0.3 is 0 Å². The zero-order valence-corrected chi connectivity index (χ0v) is 12.9. The van der Waals surface area contributed by atoms with E-state index in [9.17, 15) is 9.90 Å². The number of nitrogens with one attached hydrogen (secondary N) is 1. The van der Waals surface area contributed by atoms with E-state index in [1.54, 1.807) is 36.3 Å². The standard InChI is InChI=1S/C15H17N5O3/c1-10-11(4-8-23-10)12-9-14(20(18-12)6-7-21)17-15(22)13-3-5-16-19(13)2/h3-5,8-9,21H,6-7H2,1-2H3,(H,17,22). The SMILES string of the molecule is Cc1occc1-c1cc(NC(=O)c2ccnn2C)n(CCO)n1. The van der Waals surface area contributed by atoms with E-state index in [1.807, 2.05) is 13.0 Å². The Bertz CT molecular complexity index is 830. The molecule has 0 saturated carbocycles. The molecule has 2 N–H and O–H groups in total. The molecular weight excluding hydrogens is 298 g/mol. The highest BCUT2D eigenvalue weighted by molar-refractivity contribution is 6.02. The minimum absolute atomic E-state index is 0.0833. The Morgan fingerprint density at radius 2 is 2.26 bits per heavy atom. The van der Waals surface area contributed by atoms with Gasteiger partial charge in [0.15, 0.2) is 0 Å². The average molecular weight is 315 g/mol. The van der Waals surface area contributed by atoms with Gasteiger partial charge in [-0.2, -0.15) is 10.2 Å². The summed E-state index contributed by atoms with van der Waals surface area (Å²) < 4.78 is 8.33. The van der Waals surface area contributed by atoms with Crippen LogP contribution in [0.25, 0.3) is 11.3 Å². The maximum Gasteiger partial charge on any atom is 0.275 e. The molecule has 0 aliphatic heterocycles. The first kappa shape index (κ1) is 15.0. The Kier molecular flexibility index (Phi) is 3.98. The van der Waals surface area contributed by atoms with E-state index in [0.29, 0.717) is 17.2 Å². The van der Waals surface area contributed by atoms with Crippen molar-refractivity contribution in [2.24, 2.45) is 7.05 Å². The number of nitrogens with zero attached hydrogens (tertiary/aromatic N) is 4. The van der Waals surface area contributed by atoms with Gasteiger partial charge in [-0.25, -0.2) is 4.68 Å². The summed E-state index contributed by atoms with van der Waals surface area (Å²) in [4.78, 5) is 12.3. The van der Waals surface area contributed by atoms with Crippen molar-refractivity contribution < 1.29 is 14.3 Å². The largest absolute Gasteiger partial charge is 0.469 e. The van der Waals surface area contributed by atoms with E-state index in [-0.39, 0.29) is 19.1 Å². The van der Waals surface area contributed by atoms with Gasteiger partial charge in [-0.1, -0.05) is 0 Å². The molecule has 0 aliphatic rings. The van der Waals surface area contributed by atoms with Crippen LogP contribution >= 0.6 is 0 Å². The van der Waals surface area contributed by atoms with E-state index >= 15 is 0 Å². The number of amides is 1. The summed E-state index contributed by atoms with van der Waals surface area (Å²) in [5, 5.41) is 20.4. The van der Waals surface area contributed by atoms with Crippen LogP contribution in [0.5, 0.6) is 0 Å². The van der Waals surface area contributed by atoms with Gasteiger partial charge in [-0.15, -0.1) is 0 Å². The highest BCUT2D eigenvalue weighted by Crippen LogP contribution is 2.26. The Labute approximate surface area is 132 Å². The molecule has 8 heteroatoms. The second-order valence-electron chi connectivity index (χ2n) is 5.05. The molecule has 0 bridgehead atoms. The number of rotatable bonds is 5. The normalized spacial score (nSPS) is 10.9. The summed E-state index contributed by atoms with van der Waals surface area (Å²) in [7, 11) is 1.69. The summed E-state index contributed by atoms with van der Waals surface area (Å²) in [6.07, 6.45) is 3.14. The van der Waals surface area contributed by atoms with Gasteiger partial charge in [0.05, 0.1) is 25.1 Å². The van der Waals surface area contributed by atoms with E-state index in [1.165, 1.54) is 4.68 Å². The highest BCUT2D eigenvalue weighted by atomic mass is 16.3. The van der Waals surface area contributed by atoms with Crippen molar-refractivity contribution in [2.75, 3.05) is 11.9 Å². The molecule has 3 rings (SSSR count). The molecule has 0 saturated heterocycles. The summed E-state index contributed by atoms with van der Waals surface area (Å²) in [5.41, 5.74) is 1.95. The smallest absolute Gasteiger partial charge is 0.275 e. The molecule has 0 radical (unpaired) electrons. The minimum atomic E-state index is -0.292. The Morgan fingerprint density at radius 3 is 2.87 bits per heavy atom. The van der Waals surface area contributed by atoms with Gasteiger partial charge in [-0.05, 0) is 19.1 Å². The number of aliphatic hydroxyl groups is 1. The topological polar surface area (TPSA) is 98.1 Å². The lowest BCUT2D eigenvalue weighted by Gasteiger charge is -2.07. The van der Waals surface area contributed by atoms with Crippen LogP contribution in [0, 0.1) is 6.92 Å². The summed E-state index contributed by atoms with van der Waals surface area (Å²) in [6.45, 7) is 2.03. The third-order valence-electron chi connectivity index (χ3n) is 3.52. The van der Waals surface area contributed by atoms with Crippen molar-refractivity contribution in [3.05, 3.63) is 42.1 Å². The molecule has 0 fully saturated rings. The van der Waals surface area contributed by atoms with Crippen molar-refractivity contribution in [3.63, 3.8) is 0 Å². The number of anilines is 1. The zero-order valence-electron chi connectivity index (χ0n) is 12.9. The second-order valence-corrected chi connectivity index (χ2v) is 5.05. The van der Waals surface area contributed by atoms with Gasteiger partial charge < -0.3 is 14.8 Å². The van der Waals surface area contributed by atoms with Crippen LogP contribution in [0.15, 0.2) is 35.1 Å². The van der Waals surface area contributed by atoms with Gasteiger partial charge in [0.25, 0.3) is 5.91 Å². The van der Waals surface area contributed by atoms with Gasteiger partial charge in [0, 0.05) is 24.9 Å². The molecule has 120 valence electrons. The number of carbonyl (C=O) groups excluding carboxylic acids is 1.